The third-order valence-corrected chi connectivity index (χ3v) is 2.62. The second-order valence-electron chi connectivity index (χ2n) is 4.36. The Morgan fingerprint density at radius 3 is 2.44 bits per heavy atom. The van der Waals surface area contributed by atoms with Crippen molar-refractivity contribution in [1.82, 2.24) is 5.32 Å². The van der Waals surface area contributed by atoms with Gasteiger partial charge in [0, 0.05) is 22.6 Å². The van der Waals surface area contributed by atoms with Crippen molar-refractivity contribution in [2.24, 2.45) is 0 Å². The molecule has 2 N–H and O–H groups in total. The van der Waals surface area contributed by atoms with Crippen LogP contribution in [0.4, 0.5) is 0 Å². The molecule has 0 atom stereocenters. The first-order valence-electron chi connectivity index (χ1n) is 5.17. The number of hydrogen-bond acceptors (Lipinski definition) is 3. The molecule has 0 saturated heterocycles. The zero-order valence-corrected chi connectivity index (χ0v) is 10.4. The fourth-order valence-electron chi connectivity index (χ4n) is 1.33. The molecular formula is C12H17NO2S. The summed E-state index contributed by atoms with van der Waals surface area (Å²) in [6.07, 6.45) is 0.531. The Kier molecular flexibility index (Phi) is 4.38. The Bertz CT molecular complexity index is 360. The highest BCUT2D eigenvalue weighted by atomic mass is 32.1. The van der Waals surface area contributed by atoms with Crippen LogP contribution < -0.4 is 5.32 Å². The SMILES string of the molecule is CC(C)(CCO)NC(=O)c1ccc(S)cc1. The van der Waals surface area contributed by atoms with E-state index in [1.165, 1.54) is 0 Å². The number of amides is 1. The van der Waals surface area contributed by atoms with Gasteiger partial charge in [0.05, 0.1) is 0 Å². The summed E-state index contributed by atoms with van der Waals surface area (Å²) in [7, 11) is 0. The Balaban J connectivity index is 2.69. The Labute approximate surface area is 101 Å². The molecule has 0 saturated carbocycles. The Hall–Kier alpha value is -1.00. The molecule has 88 valence electrons. The summed E-state index contributed by atoms with van der Waals surface area (Å²) in [6, 6.07) is 7.01. The van der Waals surface area contributed by atoms with E-state index in [-0.39, 0.29) is 12.5 Å². The number of carbonyl (C=O) groups is 1. The number of rotatable bonds is 4. The van der Waals surface area contributed by atoms with Crippen LogP contribution in [-0.4, -0.2) is 23.2 Å². The molecule has 0 aliphatic carbocycles. The van der Waals surface area contributed by atoms with E-state index in [1.807, 2.05) is 13.8 Å². The zero-order chi connectivity index (χ0) is 12.2. The van der Waals surface area contributed by atoms with Crippen molar-refractivity contribution < 1.29 is 9.90 Å². The van der Waals surface area contributed by atoms with Gasteiger partial charge in [0.2, 0.25) is 0 Å². The van der Waals surface area contributed by atoms with Crippen LogP contribution in [-0.2, 0) is 0 Å². The molecule has 3 nitrogen and oxygen atoms in total. The van der Waals surface area contributed by atoms with E-state index in [0.717, 1.165) is 4.90 Å². The summed E-state index contributed by atoms with van der Waals surface area (Å²) in [6.45, 7) is 3.82. The zero-order valence-electron chi connectivity index (χ0n) is 9.53. The molecule has 0 aromatic heterocycles. The third kappa shape index (κ3) is 3.87. The summed E-state index contributed by atoms with van der Waals surface area (Å²) in [5, 5.41) is 11.7. The summed E-state index contributed by atoms with van der Waals surface area (Å²) in [4.78, 5) is 12.7. The van der Waals surface area contributed by atoms with Gasteiger partial charge < -0.3 is 10.4 Å². The van der Waals surface area contributed by atoms with Gasteiger partial charge in [0.25, 0.3) is 5.91 Å². The minimum absolute atomic E-state index is 0.0584. The molecule has 0 aliphatic heterocycles. The predicted molar refractivity (Wildman–Crippen MR) is 66.9 cm³/mol. The number of hydrogen-bond donors (Lipinski definition) is 3. The third-order valence-electron chi connectivity index (χ3n) is 2.32. The lowest BCUT2D eigenvalue weighted by molar-refractivity contribution is 0.0899. The van der Waals surface area contributed by atoms with E-state index in [0.29, 0.717) is 12.0 Å². The van der Waals surface area contributed by atoms with Gasteiger partial charge in [-0.15, -0.1) is 12.6 Å². The van der Waals surface area contributed by atoms with Crippen LogP contribution in [0.1, 0.15) is 30.6 Å². The Morgan fingerprint density at radius 1 is 1.38 bits per heavy atom. The minimum Gasteiger partial charge on any atom is -0.396 e. The fraction of sp³-hybridized carbons (Fsp3) is 0.417. The van der Waals surface area contributed by atoms with Crippen molar-refractivity contribution in [1.29, 1.82) is 0 Å². The first-order chi connectivity index (χ1) is 7.44. The van der Waals surface area contributed by atoms with Gasteiger partial charge >= 0.3 is 0 Å². The van der Waals surface area contributed by atoms with Gasteiger partial charge in [-0.1, -0.05) is 0 Å². The van der Waals surface area contributed by atoms with Crippen LogP contribution in [0, 0.1) is 0 Å². The van der Waals surface area contributed by atoms with Gasteiger partial charge in [-0.2, -0.15) is 0 Å². The van der Waals surface area contributed by atoms with Gasteiger partial charge in [-0.25, -0.2) is 0 Å². The van der Waals surface area contributed by atoms with Crippen LogP contribution >= 0.6 is 12.6 Å². The molecule has 1 amide bonds. The summed E-state index contributed by atoms with van der Waals surface area (Å²) < 4.78 is 0. The van der Waals surface area contributed by atoms with Crippen LogP contribution in [0.25, 0.3) is 0 Å². The van der Waals surface area contributed by atoms with Crippen molar-refractivity contribution >= 4 is 18.5 Å². The minimum atomic E-state index is -0.397. The molecule has 0 radical (unpaired) electrons. The van der Waals surface area contributed by atoms with E-state index >= 15 is 0 Å². The average Bonchev–Trinajstić information content (AvgIpc) is 2.17. The molecule has 0 bridgehead atoms. The van der Waals surface area contributed by atoms with Gasteiger partial charge in [0.1, 0.15) is 0 Å². The molecule has 0 aliphatic rings. The first kappa shape index (κ1) is 13.1. The molecule has 1 aromatic carbocycles. The highest BCUT2D eigenvalue weighted by Crippen LogP contribution is 2.11. The van der Waals surface area contributed by atoms with Gasteiger partial charge in [0.15, 0.2) is 0 Å². The molecule has 0 spiro atoms. The first-order valence-corrected chi connectivity index (χ1v) is 5.62. The van der Waals surface area contributed by atoms with Crippen molar-refractivity contribution in [3.63, 3.8) is 0 Å². The fourth-order valence-corrected chi connectivity index (χ4v) is 1.48. The lowest BCUT2D eigenvalue weighted by Gasteiger charge is -2.25. The Morgan fingerprint density at radius 2 is 1.94 bits per heavy atom. The smallest absolute Gasteiger partial charge is 0.251 e. The number of benzene rings is 1. The average molecular weight is 239 g/mol. The summed E-state index contributed by atoms with van der Waals surface area (Å²) in [5.41, 5.74) is 0.203. The van der Waals surface area contributed by atoms with E-state index in [4.69, 9.17) is 5.11 Å². The van der Waals surface area contributed by atoms with Crippen LogP contribution in [0.2, 0.25) is 0 Å². The second kappa shape index (κ2) is 5.37. The van der Waals surface area contributed by atoms with Crippen LogP contribution in [0.3, 0.4) is 0 Å². The maximum absolute atomic E-state index is 11.8. The number of nitrogens with one attached hydrogen (secondary N) is 1. The second-order valence-corrected chi connectivity index (χ2v) is 4.87. The van der Waals surface area contributed by atoms with Crippen LogP contribution in [0.5, 0.6) is 0 Å². The monoisotopic (exact) mass is 239 g/mol. The molecule has 0 fully saturated rings. The molecule has 1 aromatic rings. The molecular weight excluding hydrogens is 222 g/mol. The van der Waals surface area contributed by atoms with Crippen molar-refractivity contribution in [2.45, 2.75) is 30.7 Å². The molecule has 0 heterocycles. The highest BCUT2D eigenvalue weighted by molar-refractivity contribution is 7.80. The highest BCUT2D eigenvalue weighted by Gasteiger charge is 2.20. The van der Waals surface area contributed by atoms with Crippen molar-refractivity contribution in [3.05, 3.63) is 29.8 Å². The number of aliphatic hydroxyl groups is 1. The maximum atomic E-state index is 11.8. The largest absolute Gasteiger partial charge is 0.396 e. The van der Waals surface area contributed by atoms with Crippen LogP contribution in [0.15, 0.2) is 29.2 Å². The van der Waals surface area contributed by atoms with Gasteiger partial charge in [-0.3, -0.25) is 4.79 Å². The summed E-state index contributed by atoms with van der Waals surface area (Å²) in [5.74, 6) is -0.133. The number of carbonyl (C=O) groups excluding carboxylic acids is 1. The topological polar surface area (TPSA) is 49.3 Å². The van der Waals surface area contributed by atoms with E-state index in [1.54, 1.807) is 24.3 Å². The number of thiol groups is 1. The predicted octanol–water partition coefficient (Wildman–Crippen LogP) is 1.87. The van der Waals surface area contributed by atoms with Crippen molar-refractivity contribution in [2.75, 3.05) is 6.61 Å². The number of aliphatic hydroxyl groups excluding tert-OH is 1. The van der Waals surface area contributed by atoms with E-state index < -0.39 is 5.54 Å². The lowest BCUT2D eigenvalue weighted by Crippen LogP contribution is -2.44. The van der Waals surface area contributed by atoms with E-state index in [2.05, 4.69) is 17.9 Å². The lowest BCUT2D eigenvalue weighted by atomic mass is 10.0. The summed E-state index contributed by atoms with van der Waals surface area (Å²) >= 11 is 4.16. The maximum Gasteiger partial charge on any atom is 0.251 e. The van der Waals surface area contributed by atoms with E-state index in [9.17, 15) is 4.79 Å². The molecule has 16 heavy (non-hydrogen) atoms. The standard InChI is InChI=1S/C12H17NO2S/c1-12(2,7-8-14)13-11(15)9-3-5-10(16)6-4-9/h3-6,14,16H,7-8H2,1-2H3,(H,13,15). The molecule has 0 unspecified atom stereocenters. The van der Waals surface area contributed by atoms with Crippen molar-refractivity contribution in [3.8, 4) is 0 Å². The quantitative estimate of drug-likeness (QED) is 0.702. The van der Waals surface area contributed by atoms with Gasteiger partial charge in [-0.05, 0) is 44.5 Å². The molecule has 4 heteroatoms. The normalized spacial score (nSPS) is 11.2. The molecule has 1 rings (SSSR count).